The number of anilines is 2. The molecule has 0 bridgehead atoms. The molecular weight excluding hydrogens is 725 g/mol. The van der Waals surface area contributed by atoms with Crippen molar-refractivity contribution in [2.75, 3.05) is 4.90 Å². The summed E-state index contributed by atoms with van der Waals surface area (Å²) in [5, 5.41) is 5.10. The van der Waals surface area contributed by atoms with Crippen molar-refractivity contribution in [3.05, 3.63) is 229 Å². The van der Waals surface area contributed by atoms with Gasteiger partial charge >= 0.3 is 0 Å². The summed E-state index contributed by atoms with van der Waals surface area (Å²) in [7, 11) is 0. The number of fused-ring (bicyclic) bond motifs is 5. The van der Waals surface area contributed by atoms with Gasteiger partial charge in [-0.1, -0.05) is 166 Å². The van der Waals surface area contributed by atoms with Crippen molar-refractivity contribution in [3.63, 3.8) is 0 Å². The lowest BCUT2D eigenvalue weighted by Gasteiger charge is -2.32. The molecule has 9 aromatic rings. The standard InChI is InChI=1S/C58H46N2/c1-39-13-10-23-54-50(39)20-12-22-53(54)43-27-32-47(33-28-43)59(46-30-25-42(26-31-46)52-21-11-15-41-14-6-7-18-51(41)52)48-34-35-49(40(2)37-48)44-29-36-58-56(38-44)55-19-8-9-24-57(55)60(58)45-16-4-3-5-17-45/h3-12,14-40,49H,13H2,1-2H3. The summed E-state index contributed by atoms with van der Waals surface area (Å²) in [5.41, 5.74) is 16.2. The molecule has 0 amide bonds. The first-order chi connectivity index (χ1) is 29.6. The molecule has 60 heavy (non-hydrogen) atoms. The van der Waals surface area contributed by atoms with Gasteiger partial charge in [0, 0.05) is 39.4 Å². The molecule has 1 aromatic heterocycles. The third-order valence-corrected chi connectivity index (χ3v) is 12.9. The number of nitrogens with zero attached hydrogens (tertiary/aromatic N) is 2. The van der Waals surface area contributed by atoms with Gasteiger partial charge in [0.05, 0.1) is 11.0 Å². The van der Waals surface area contributed by atoms with Gasteiger partial charge in [0.2, 0.25) is 0 Å². The van der Waals surface area contributed by atoms with E-state index >= 15 is 0 Å². The molecule has 11 rings (SSSR count). The minimum Gasteiger partial charge on any atom is -0.311 e. The van der Waals surface area contributed by atoms with E-state index in [1.165, 1.54) is 82.9 Å². The van der Waals surface area contributed by atoms with Crippen molar-refractivity contribution in [1.82, 2.24) is 4.57 Å². The second kappa shape index (κ2) is 14.9. The largest absolute Gasteiger partial charge is 0.311 e. The van der Waals surface area contributed by atoms with Gasteiger partial charge < -0.3 is 9.47 Å². The maximum Gasteiger partial charge on any atom is 0.0541 e. The number of allylic oxidation sites excluding steroid dienone is 4. The lowest BCUT2D eigenvalue weighted by Crippen LogP contribution is -2.20. The SMILES string of the molecule is CC1CC=Cc2c(-c3ccc(N(C4=CC(C)C(c5ccc6c(c5)c5ccccc5n6-c5ccccc5)C=C4)c4ccc(-c5cccc6ccccc56)cc4)cc3)cccc21. The fraction of sp³-hybridized carbons (Fsp3) is 0.103. The van der Waals surface area contributed by atoms with Crippen LogP contribution in [-0.2, 0) is 0 Å². The van der Waals surface area contributed by atoms with E-state index in [9.17, 15) is 0 Å². The average Bonchev–Trinajstić information content (AvgIpc) is 3.63. The van der Waals surface area contributed by atoms with Crippen LogP contribution in [0.15, 0.2) is 212 Å². The summed E-state index contributed by atoms with van der Waals surface area (Å²) in [5.74, 6) is 1.05. The lowest BCUT2D eigenvalue weighted by atomic mass is 9.82. The topological polar surface area (TPSA) is 8.17 Å². The van der Waals surface area contributed by atoms with E-state index in [1.807, 2.05) is 0 Å². The lowest BCUT2D eigenvalue weighted by molar-refractivity contribution is 0.629. The number of hydrogen-bond donors (Lipinski definition) is 0. The Bertz CT molecular complexity index is 3140. The number of rotatable bonds is 7. The number of para-hydroxylation sites is 2. The Labute approximate surface area is 352 Å². The minimum absolute atomic E-state index is 0.245. The predicted octanol–water partition coefficient (Wildman–Crippen LogP) is 15.8. The molecule has 8 aromatic carbocycles. The Balaban J connectivity index is 0.970. The number of benzene rings is 8. The maximum absolute atomic E-state index is 2.47. The van der Waals surface area contributed by atoms with Crippen LogP contribution in [0.25, 0.3) is 66.6 Å². The fourth-order valence-electron chi connectivity index (χ4n) is 9.89. The second-order valence-electron chi connectivity index (χ2n) is 16.6. The molecule has 2 nitrogen and oxygen atoms in total. The Morgan fingerprint density at radius 3 is 1.97 bits per heavy atom. The molecule has 2 heteroatoms. The molecule has 2 aliphatic carbocycles. The summed E-state index contributed by atoms with van der Waals surface area (Å²) in [4.78, 5) is 2.43. The van der Waals surface area contributed by atoms with Crippen LogP contribution in [0.3, 0.4) is 0 Å². The molecule has 0 radical (unpaired) electrons. The van der Waals surface area contributed by atoms with Crippen LogP contribution in [0.5, 0.6) is 0 Å². The van der Waals surface area contributed by atoms with Crippen molar-refractivity contribution in [2.45, 2.75) is 32.1 Å². The van der Waals surface area contributed by atoms with Crippen LogP contribution >= 0.6 is 0 Å². The van der Waals surface area contributed by atoms with Crippen molar-refractivity contribution in [3.8, 4) is 27.9 Å². The van der Waals surface area contributed by atoms with Crippen molar-refractivity contribution >= 4 is 50.0 Å². The van der Waals surface area contributed by atoms with Crippen molar-refractivity contribution in [1.29, 1.82) is 0 Å². The molecule has 0 fully saturated rings. The van der Waals surface area contributed by atoms with Crippen LogP contribution in [0.1, 0.15) is 48.8 Å². The Morgan fingerprint density at radius 2 is 1.18 bits per heavy atom. The van der Waals surface area contributed by atoms with Crippen LogP contribution in [0.4, 0.5) is 11.4 Å². The van der Waals surface area contributed by atoms with Gasteiger partial charge in [0.1, 0.15) is 0 Å². The summed E-state index contributed by atoms with van der Waals surface area (Å²) in [6, 6.07) is 67.0. The maximum atomic E-state index is 2.47. The smallest absolute Gasteiger partial charge is 0.0541 e. The molecule has 0 saturated carbocycles. The zero-order valence-electron chi connectivity index (χ0n) is 34.0. The highest BCUT2D eigenvalue weighted by atomic mass is 15.1. The normalized spacial score (nSPS) is 17.2. The Morgan fingerprint density at radius 1 is 0.533 bits per heavy atom. The van der Waals surface area contributed by atoms with Gasteiger partial charge in [0.15, 0.2) is 0 Å². The van der Waals surface area contributed by atoms with Gasteiger partial charge in [-0.25, -0.2) is 0 Å². The molecule has 3 unspecified atom stereocenters. The monoisotopic (exact) mass is 770 g/mol. The molecule has 0 saturated heterocycles. The van der Waals surface area contributed by atoms with E-state index in [1.54, 1.807) is 0 Å². The Kier molecular flexibility index (Phi) is 8.93. The highest BCUT2D eigenvalue weighted by molar-refractivity contribution is 6.09. The zero-order chi connectivity index (χ0) is 40.2. The highest BCUT2D eigenvalue weighted by Gasteiger charge is 2.25. The van der Waals surface area contributed by atoms with E-state index in [-0.39, 0.29) is 11.8 Å². The number of hydrogen-bond acceptors (Lipinski definition) is 1. The van der Waals surface area contributed by atoms with Gasteiger partial charge in [-0.2, -0.15) is 0 Å². The molecule has 1 heterocycles. The van der Waals surface area contributed by atoms with Gasteiger partial charge in [-0.3, -0.25) is 0 Å². The molecule has 3 atom stereocenters. The van der Waals surface area contributed by atoms with Crippen LogP contribution < -0.4 is 4.90 Å². The zero-order valence-corrected chi connectivity index (χ0v) is 34.0. The van der Waals surface area contributed by atoms with Crippen LogP contribution in [0, 0.1) is 5.92 Å². The molecule has 0 aliphatic heterocycles. The van der Waals surface area contributed by atoms with E-state index in [0.717, 1.165) is 17.8 Å². The first-order valence-corrected chi connectivity index (χ1v) is 21.4. The van der Waals surface area contributed by atoms with Crippen molar-refractivity contribution < 1.29 is 0 Å². The fourth-order valence-corrected chi connectivity index (χ4v) is 9.89. The van der Waals surface area contributed by atoms with Crippen LogP contribution in [0.2, 0.25) is 0 Å². The minimum atomic E-state index is 0.245. The summed E-state index contributed by atoms with van der Waals surface area (Å²) >= 11 is 0. The first-order valence-electron chi connectivity index (χ1n) is 21.4. The van der Waals surface area contributed by atoms with Gasteiger partial charge in [-0.15, -0.1) is 0 Å². The van der Waals surface area contributed by atoms with E-state index in [4.69, 9.17) is 0 Å². The molecule has 0 spiro atoms. The third kappa shape index (κ3) is 6.19. The van der Waals surface area contributed by atoms with E-state index < -0.39 is 0 Å². The quantitative estimate of drug-likeness (QED) is 0.157. The van der Waals surface area contributed by atoms with E-state index in [2.05, 4.69) is 236 Å². The van der Waals surface area contributed by atoms with E-state index in [0.29, 0.717) is 5.92 Å². The van der Waals surface area contributed by atoms with Gasteiger partial charge in [-0.05, 0) is 129 Å². The summed E-state index contributed by atoms with van der Waals surface area (Å²) in [6.07, 6.45) is 13.0. The van der Waals surface area contributed by atoms with Crippen LogP contribution in [-0.4, -0.2) is 4.57 Å². The summed E-state index contributed by atoms with van der Waals surface area (Å²) in [6.45, 7) is 4.70. The predicted molar refractivity (Wildman–Crippen MR) is 255 cm³/mol. The number of aromatic nitrogens is 1. The average molecular weight is 771 g/mol. The third-order valence-electron chi connectivity index (χ3n) is 12.9. The molecule has 2 aliphatic rings. The molecule has 0 N–H and O–H groups in total. The molecule has 288 valence electrons. The molecular formula is C58H46N2. The Hall–Kier alpha value is -7.16. The van der Waals surface area contributed by atoms with Crippen molar-refractivity contribution in [2.24, 2.45) is 5.92 Å². The first kappa shape index (κ1) is 36.0. The summed E-state index contributed by atoms with van der Waals surface area (Å²) < 4.78 is 2.39. The second-order valence-corrected chi connectivity index (χ2v) is 16.6. The highest BCUT2D eigenvalue weighted by Crippen LogP contribution is 2.42. The van der Waals surface area contributed by atoms with Gasteiger partial charge in [0.25, 0.3) is 0 Å².